The number of rotatable bonds is 5. The molecule has 2 rings (SSSR count). The Hall–Kier alpha value is -1.47. The lowest BCUT2D eigenvalue weighted by Crippen LogP contribution is -2.21. The van der Waals surface area contributed by atoms with E-state index in [1.165, 1.54) is 0 Å². The molecule has 0 aliphatic heterocycles. The van der Waals surface area contributed by atoms with E-state index in [2.05, 4.69) is 4.98 Å². The van der Waals surface area contributed by atoms with Crippen LogP contribution >= 0.6 is 11.3 Å². The number of benzene rings is 1. The molecule has 22 heavy (non-hydrogen) atoms. The standard InChI is InChI=1S/C15H16F4N2S/c1-10-14(22-9-20-10)3-4-21(2)8-11-5-12(15(17,18)19)7-13(16)6-11/h5-7,9H,3-4,8H2,1-2H3. The highest BCUT2D eigenvalue weighted by Crippen LogP contribution is 2.30. The number of hydrogen-bond donors (Lipinski definition) is 0. The summed E-state index contributed by atoms with van der Waals surface area (Å²) in [6.45, 7) is 2.85. The lowest BCUT2D eigenvalue weighted by Gasteiger charge is -2.17. The molecule has 1 aromatic heterocycles. The summed E-state index contributed by atoms with van der Waals surface area (Å²) in [5, 5.41) is 0. The quantitative estimate of drug-likeness (QED) is 0.760. The fourth-order valence-electron chi connectivity index (χ4n) is 2.15. The van der Waals surface area contributed by atoms with Gasteiger partial charge in [-0.2, -0.15) is 13.2 Å². The number of halogens is 4. The minimum absolute atomic E-state index is 0.263. The van der Waals surface area contributed by atoms with Crippen molar-refractivity contribution >= 4 is 11.3 Å². The Labute approximate surface area is 130 Å². The number of aromatic nitrogens is 1. The molecule has 0 amide bonds. The van der Waals surface area contributed by atoms with Crippen LogP contribution in [-0.4, -0.2) is 23.5 Å². The fourth-order valence-corrected chi connectivity index (χ4v) is 2.93. The van der Waals surface area contributed by atoms with Crippen LogP contribution in [0.3, 0.4) is 0 Å². The number of nitrogens with zero attached hydrogens (tertiary/aromatic N) is 2. The predicted octanol–water partition coefficient (Wildman–Crippen LogP) is 4.28. The van der Waals surface area contributed by atoms with Crippen LogP contribution in [0, 0.1) is 12.7 Å². The summed E-state index contributed by atoms with van der Waals surface area (Å²) < 4.78 is 51.4. The molecule has 0 unspecified atom stereocenters. The minimum Gasteiger partial charge on any atom is -0.302 e. The van der Waals surface area contributed by atoms with Gasteiger partial charge in [-0.25, -0.2) is 9.37 Å². The topological polar surface area (TPSA) is 16.1 Å². The lowest BCUT2D eigenvalue weighted by atomic mass is 10.1. The summed E-state index contributed by atoms with van der Waals surface area (Å²) >= 11 is 1.56. The summed E-state index contributed by atoms with van der Waals surface area (Å²) in [5.41, 5.74) is 2.11. The van der Waals surface area contributed by atoms with Crippen molar-refractivity contribution in [3.05, 3.63) is 51.2 Å². The first-order valence-electron chi connectivity index (χ1n) is 6.70. The van der Waals surface area contributed by atoms with Gasteiger partial charge in [0.25, 0.3) is 0 Å². The molecular formula is C15H16F4N2S. The zero-order valence-electron chi connectivity index (χ0n) is 12.2. The van der Waals surface area contributed by atoms with Gasteiger partial charge in [0.2, 0.25) is 0 Å². The van der Waals surface area contributed by atoms with Crippen molar-refractivity contribution in [1.82, 2.24) is 9.88 Å². The Morgan fingerprint density at radius 2 is 1.95 bits per heavy atom. The second-order valence-corrected chi connectivity index (χ2v) is 6.13. The average Bonchev–Trinajstić information content (AvgIpc) is 2.80. The van der Waals surface area contributed by atoms with Gasteiger partial charge in [-0.15, -0.1) is 11.3 Å². The Balaban J connectivity index is 2.01. The smallest absolute Gasteiger partial charge is 0.302 e. The van der Waals surface area contributed by atoms with Crippen LogP contribution in [0.25, 0.3) is 0 Å². The molecule has 0 saturated carbocycles. The van der Waals surface area contributed by atoms with Crippen molar-refractivity contribution in [3.63, 3.8) is 0 Å². The molecule has 0 bridgehead atoms. The van der Waals surface area contributed by atoms with E-state index in [-0.39, 0.29) is 6.54 Å². The van der Waals surface area contributed by atoms with Gasteiger partial charge >= 0.3 is 6.18 Å². The number of alkyl halides is 3. The maximum atomic E-state index is 13.3. The maximum absolute atomic E-state index is 13.3. The van der Waals surface area contributed by atoms with Crippen LogP contribution in [0.2, 0.25) is 0 Å². The van der Waals surface area contributed by atoms with Crippen molar-refractivity contribution in [2.75, 3.05) is 13.6 Å². The van der Waals surface area contributed by atoms with E-state index < -0.39 is 17.6 Å². The van der Waals surface area contributed by atoms with Gasteiger partial charge < -0.3 is 4.90 Å². The van der Waals surface area contributed by atoms with E-state index in [9.17, 15) is 17.6 Å². The lowest BCUT2D eigenvalue weighted by molar-refractivity contribution is -0.137. The van der Waals surface area contributed by atoms with Crippen LogP contribution in [0.1, 0.15) is 21.7 Å². The first-order valence-corrected chi connectivity index (χ1v) is 7.58. The van der Waals surface area contributed by atoms with Crippen LogP contribution in [0.5, 0.6) is 0 Å². The van der Waals surface area contributed by atoms with E-state index in [4.69, 9.17) is 0 Å². The zero-order valence-corrected chi connectivity index (χ0v) is 13.1. The summed E-state index contributed by atoms with van der Waals surface area (Å²) in [5.74, 6) is -0.864. The van der Waals surface area contributed by atoms with Gasteiger partial charge in [0.05, 0.1) is 16.8 Å². The van der Waals surface area contributed by atoms with E-state index >= 15 is 0 Å². The third kappa shape index (κ3) is 4.51. The molecule has 0 radical (unpaired) electrons. The highest BCUT2D eigenvalue weighted by molar-refractivity contribution is 7.09. The Morgan fingerprint density at radius 1 is 1.23 bits per heavy atom. The van der Waals surface area contributed by atoms with Gasteiger partial charge in [-0.1, -0.05) is 0 Å². The van der Waals surface area contributed by atoms with Crippen LogP contribution in [-0.2, 0) is 19.1 Å². The fraction of sp³-hybridized carbons (Fsp3) is 0.400. The molecule has 0 aliphatic rings. The van der Waals surface area contributed by atoms with Crippen molar-refractivity contribution in [3.8, 4) is 0 Å². The van der Waals surface area contributed by atoms with Crippen molar-refractivity contribution in [1.29, 1.82) is 0 Å². The molecule has 0 saturated heterocycles. The SMILES string of the molecule is Cc1ncsc1CCN(C)Cc1cc(F)cc(C(F)(F)F)c1. The molecule has 0 N–H and O–H groups in total. The molecule has 2 nitrogen and oxygen atoms in total. The molecule has 0 aliphatic carbocycles. The summed E-state index contributed by atoms with van der Waals surface area (Å²) in [7, 11) is 1.80. The minimum atomic E-state index is -4.53. The van der Waals surface area contributed by atoms with Gasteiger partial charge in [0, 0.05) is 18.0 Å². The molecule has 1 aromatic carbocycles. The number of hydrogen-bond acceptors (Lipinski definition) is 3. The predicted molar refractivity (Wildman–Crippen MR) is 78.3 cm³/mol. The van der Waals surface area contributed by atoms with Gasteiger partial charge in [0.15, 0.2) is 0 Å². The van der Waals surface area contributed by atoms with E-state index in [1.54, 1.807) is 23.9 Å². The Morgan fingerprint density at radius 3 is 2.55 bits per heavy atom. The second kappa shape index (κ2) is 6.75. The molecule has 0 spiro atoms. The molecule has 0 fully saturated rings. The molecule has 120 valence electrons. The van der Waals surface area contributed by atoms with E-state index in [1.807, 2.05) is 11.8 Å². The number of likely N-dealkylation sites (N-methyl/N-ethyl adjacent to an activating group) is 1. The molecule has 1 heterocycles. The second-order valence-electron chi connectivity index (χ2n) is 5.19. The molecular weight excluding hydrogens is 316 g/mol. The maximum Gasteiger partial charge on any atom is 0.416 e. The largest absolute Gasteiger partial charge is 0.416 e. The Bertz CT molecular complexity index is 637. The number of thiazole rings is 1. The first-order chi connectivity index (χ1) is 10.3. The molecule has 2 aromatic rings. The summed E-state index contributed by atoms with van der Waals surface area (Å²) in [6, 6.07) is 2.66. The van der Waals surface area contributed by atoms with Crippen LogP contribution in [0.15, 0.2) is 23.7 Å². The third-order valence-corrected chi connectivity index (χ3v) is 4.30. The van der Waals surface area contributed by atoms with Crippen molar-refractivity contribution in [2.45, 2.75) is 26.1 Å². The van der Waals surface area contributed by atoms with Gasteiger partial charge in [-0.05, 0) is 44.2 Å². The average molecular weight is 332 g/mol. The monoisotopic (exact) mass is 332 g/mol. The molecule has 0 atom stereocenters. The van der Waals surface area contributed by atoms with Crippen molar-refractivity contribution in [2.24, 2.45) is 0 Å². The van der Waals surface area contributed by atoms with Gasteiger partial charge in [0.1, 0.15) is 5.82 Å². The van der Waals surface area contributed by atoms with Gasteiger partial charge in [-0.3, -0.25) is 0 Å². The van der Waals surface area contributed by atoms with Crippen LogP contribution < -0.4 is 0 Å². The third-order valence-electron chi connectivity index (χ3n) is 3.30. The Kier molecular flexibility index (Phi) is 5.18. The first kappa shape index (κ1) is 16.9. The van der Waals surface area contributed by atoms with Crippen LogP contribution in [0.4, 0.5) is 17.6 Å². The molecule has 7 heteroatoms. The van der Waals surface area contributed by atoms with E-state index in [0.29, 0.717) is 18.2 Å². The van der Waals surface area contributed by atoms with E-state index in [0.717, 1.165) is 29.1 Å². The summed E-state index contributed by atoms with van der Waals surface area (Å²) in [4.78, 5) is 7.18. The highest BCUT2D eigenvalue weighted by atomic mass is 32.1. The highest BCUT2D eigenvalue weighted by Gasteiger charge is 2.31. The zero-order chi connectivity index (χ0) is 16.3. The summed E-state index contributed by atoms with van der Waals surface area (Å²) in [6.07, 6.45) is -3.76. The number of aryl methyl sites for hydroxylation is 1. The van der Waals surface area contributed by atoms with Crippen molar-refractivity contribution < 1.29 is 17.6 Å². The normalized spacial score (nSPS) is 12.1.